The standard InChI is InChI=1S/C19H23N3O/c20-8-11-22(12-9-21)10-7-16-13-15-5-1-3-14-4-2-6-17(18(14)15)19(16)23/h1-6,13H,7-12,20-21H2. The molecule has 4 heteroatoms. The molecule has 0 fully saturated rings. The summed E-state index contributed by atoms with van der Waals surface area (Å²) >= 11 is 0. The van der Waals surface area contributed by atoms with Crippen molar-refractivity contribution in [1.82, 2.24) is 4.90 Å². The zero-order valence-electron chi connectivity index (χ0n) is 13.3. The van der Waals surface area contributed by atoms with Gasteiger partial charge in [0, 0.05) is 49.2 Å². The number of carbonyl (C=O) groups excluding carboxylic acids is 1. The van der Waals surface area contributed by atoms with E-state index in [1.54, 1.807) is 0 Å². The molecule has 0 aromatic heterocycles. The lowest BCUT2D eigenvalue weighted by Crippen LogP contribution is -2.35. The lowest BCUT2D eigenvalue weighted by Gasteiger charge is -2.22. The van der Waals surface area contributed by atoms with E-state index in [0.717, 1.165) is 53.5 Å². The number of benzene rings is 2. The Morgan fingerprint density at radius 1 is 0.913 bits per heavy atom. The van der Waals surface area contributed by atoms with Gasteiger partial charge in [0.05, 0.1) is 0 Å². The summed E-state index contributed by atoms with van der Waals surface area (Å²) in [5, 5.41) is 2.20. The molecular weight excluding hydrogens is 286 g/mol. The molecule has 3 rings (SSSR count). The van der Waals surface area contributed by atoms with Crippen LogP contribution in [0.25, 0.3) is 16.8 Å². The van der Waals surface area contributed by atoms with Crippen LogP contribution in [0, 0.1) is 0 Å². The van der Waals surface area contributed by atoms with Crippen LogP contribution in [0.5, 0.6) is 0 Å². The van der Waals surface area contributed by atoms with E-state index in [2.05, 4.69) is 23.1 Å². The minimum Gasteiger partial charge on any atom is -0.329 e. The second kappa shape index (κ2) is 7.04. The summed E-state index contributed by atoms with van der Waals surface area (Å²) < 4.78 is 0. The van der Waals surface area contributed by atoms with Crippen molar-refractivity contribution in [3.63, 3.8) is 0 Å². The Kier molecular flexibility index (Phi) is 4.86. The van der Waals surface area contributed by atoms with Crippen LogP contribution in [-0.2, 0) is 0 Å². The molecule has 0 unspecified atom stereocenters. The molecular formula is C19H23N3O. The number of ketones is 1. The molecule has 23 heavy (non-hydrogen) atoms. The Bertz CT molecular complexity index is 740. The van der Waals surface area contributed by atoms with E-state index < -0.39 is 0 Å². The molecule has 0 saturated carbocycles. The first-order valence-corrected chi connectivity index (χ1v) is 8.14. The molecule has 0 aliphatic heterocycles. The third kappa shape index (κ3) is 3.20. The largest absolute Gasteiger partial charge is 0.329 e. The van der Waals surface area contributed by atoms with Crippen LogP contribution >= 0.6 is 0 Å². The zero-order chi connectivity index (χ0) is 16.2. The van der Waals surface area contributed by atoms with Crippen LogP contribution in [0.1, 0.15) is 22.3 Å². The van der Waals surface area contributed by atoms with Crippen molar-refractivity contribution in [2.45, 2.75) is 6.42 Å². The highest BCUT2D eigenvalue weighted by molar-refractivity contribution is 6.22. The second-order valence-electron chi connectivity index (χ2n) is 5.92. The van der Waals surface area contributed by atoms with E-state index in [1.165, 1.54) is 0 Å². The van der Waals surface area contributed by atoms with Crippen LogP contribution in [0.3, 0.4) is 0 Å². The van der Waals surface area contributed by atoms with Gasteiger partial charge in [0.2, 0.25) is 0 Å². The Labute approximate surface area is 136 Å². The SMILES string of the molecule is NCCN(CCN)CCC1=Cc2cccc3cccc(c23)C1=O. The summed E-state index contributed by atoms with van der Waals surface area (Å²) in [6.45, 7) is 3.64. The summed E-state index contributed by atoms with van der Waals surface area (Å²) in [5.41, 5.74) is 14.1. The number of Topliss-reactive ketones (excluding diaryl/α,β-unsaturated/α-hetero) is 1. The minimum absolute atomic E-state index is 0.148. The van der Waals surface area contributed by atoms with Crippen LogP contribution in [-0.4, -0.2) is 43.4 Å². The quantitative estimate of drug-likeness (QED) is 0.821. The fraction of sp³-hybridized carbons (Fsp3) is 0.316. The summed E-state index contributed by atoms with van der Waals surface area (Å²) in [6.07, 6.45) is 2.77. The maximum absolute atomic E-state index is 12.8. The number of hydrogen-bond donors (Lipinski definition) is 2. The van der Waals surface area contributed by atoms with Crippen LogP contribution < -0.4 is 11.5 Å². The fourth-order valence-electron chi connectivity index (χ4n) is 3.27. The number of rotatable bonds is 7. The second-order valence-corrected chi connectivity index (χ2v) is 5.92. The molecule has 2 aromatic rings. The van der Waals surface area contributed by atoms with E-state index in [4.69, 9.17) is 11.5 Å². The first-order chi connectivity index (χ1) is 11.2. The molecule has 4 N–H and O–H groups in total. The molecule has 0 heterocycles. The normalized spacial score (nSPS) is 13.7. The molecule has 0 saturated heterocycles. The van der Waals surface area contributed by atoms with Gasteiger partial charge in [-0.3, -0.25) is 4.79 Å². The third-order valence-corrected chi connectivity index (χ3v) is 4.39. The Balaban J connectivity index is 1.85. The van der Waals surface area contributed by atoms with Crippen molar-refractivity contribution >= 4 is 22.6 Å². The maximum atomic E-state index is 12.8. The first kappa shape index (κ1) is 15.9. The smallest absolute Gasteiger partial charge is 0.189 e. The van der Waals surface area contributed by atoms with Gasteiger partial charge >= 0.3 is 0 Å². The van der Waals surface area contributed by atoms with Gasteiger partial charge in [-0.2, -0.15) is 0 Å². The molecule has 0 bridgehead atoms. The Morgan fingerprint density at radius 2 is 1.61 bits per heavy atom. The third-order valence-electron chi connectivity index (χ3n) is 4.39. The van der Waals surface area contributed by atoms with Crippen LogP contribution in [0.2, 0.25) is 0 Å². The minimum atomic E-state index is 0.148. The van der Waals surface area contributed by atoms with Gasteiger partial charge in [0.25, 0.3) is 0 Å². The van der Waals surface area contributed by atoms with E-state index in [-0.39, 0.29) is 5.78 Å². The van der Waals surface area contributed by atoms with Crippen molar-refractivity contribution in [2.75, 3.05) is 32.7 Å². The fourth-order valence-corrected chi connectivity index (χ4v) is 3.27. The summed E-state index contributed by atoms with van der Waals surface area (Å²) in [6, 6.07) is 12.1. The molecule has 0 radical (unpaired) electrons. The van der Waals surface area contributed by atoms with Gasteiger partial charge in [0.1, 0.15) is 0 Å². The zero-order valence-corrected chi connectivity index (χ0v) is 13.3. The molecule has 1 aliphatic rings. The van der Waals surface area contributed by atoms with Gasteiger partial charge in [-0.1, -0.05) is 36.4 Å². The highest BCUT2D eigenvalue weighted by Gasteiger charge is 2.21. The van der Waals surface area contributed by atoms with Crippen LogP contribution in [0.4, 0.5) is 0 Å². The molecule has 1 aliphatic carbocycles. The summed E-state index contributed by atoms with van der Waals surface area (Å²) in [5.74, 6) is 0.148. The van der Waals surface area contributed by atoms with Crippen molar-refractivity contribution < 1.29 is 4.79 Å². The lowest BCUT2D eigenvalue weighted by atomic mass is 9.87. The van der Waals surface area contributed by atoms with Crippen molar-refractivity contribution in [3.05, 3.63) is 53.1 Å². The van der Waals surface area contributed by atoms with Crippen molar-refractivity contribution in [3.8, 4) is 0 Å². The number of hydrogen-bond acceptors (Lipinski definition) is 4. The number of nitrogens with two attached hydrogens (primary N) is 2. The van der Waals surface area contributed by atoms with Gasteiger partial charge in [-0.05, 0) is 23.4 Å². The summed E-state index contributed by atoms with van der Waals surface area (Å²) in [4.78, 5) is 15.0. The molecule has 0 atom stereocenters. The van der Waals surface area contributed by atoms with E-state index in [9.17, 15) is 4.79 Å². The predicted octanol–water partition coefficient (Wildman–Crippen LogP) is 2.03. The number of carbonyl (C=O) groups is 1. The monoisotopic (exact) mass is 309 g/mol. The van der Waals surface area contributed by atoms with Crippen molar-refractivity contribution in [2.24, 2.45) is 11.5 Å². The first-order valence-electron chi connectivity index (χ1n) is 8.14. The van der Waals surface area contributed by atoms with Gasteiger partial charge in [0.15, 0.2) is 5.78 Å². The van der Waals surface area contributed by atoms with E-state index in [1.807, 2.05) is 24.3 Å². The highest BCUT2D eigenvalue weighted by Crippen LogP contribution is 2.32. The highest BCUT2D eigenvalue weighted by atomic mass is 16.1. The molecule has 4 nitrogen and oxygen atoms in total. The van der Waals surface area contributed by atoms with Gasteiger partial charge in [-0.15, -0.1) is 0 Å². The lowest BCUT2D eigenvalue weighted by molar-refractivity contribution is 0.103. The average molecular weight is 309 g/mol. The molecule has 0 amide bonds. The molecule has 120 valence electrons. The molecule has 2 aromatic carbocycles. The average Bonchev–Trinajstić information content (AvgIpc) is 2.57. The van der Waals surface area contributed by atoms with Gasteiger partial charge < -0.3 is 16.4 Å². The predicted molar refractivity (Wildman–Crippen MR) is 95.4 cm³/mol. The topological polar surface area (TPSA) is 72.3 Å². The Morgan fingerprint density at radius 3 is 2.30 bits per heavy atom. The van der Waals surface area contributed by atoms with E-state index in [0.29, 0.717) is 13.1 Å². The number of nitrogens with zero attached hydrogens (tertiary/aromatic N) is 1. The van der Waals surface area contributed by atoms with Crippen molar-refractivity contribution in [1.29, 1.82) is 0 Å². The van der Waals surface area contributed by atoms with Gasteiger partial charge in [-0.25, -0.2) is 0 Å². The van der Waals surface area contributed by atoms with Crippen LogP contribution in [0.15, 0.2) is 42.0 Å². The summed E-state index contributed by atoms with van der Waals surface area (Å²) in [7, 11) is 0. The van der Waals surface area contributed by atoms with E-state index >= 15 is 0 Å². The Hall–Kier alpha value is -2.01. The maximum Gasteiger partial charge on any atom is 0.189 e. The molecule has 0 spiro atoms.